The van der Waals surface area contributed by atoms with E-state index in [1.54, 1.807) is 0 Å². The average molecular weight is 483 g/mol. The lowest BCUT2D eigenvalue weighted by Gasteiger charge is -2.23. The van der Waals surface area contributed by atoms with Gasteiger partial charge in [0, 0.05) is 17.5 Å². The lowest BCUT2D eigenvalue weighted by atomic mass is 9.97. The summed E-state index contributed by atoms with van der Waals surface area (Å²) < 4.78 is 6.10. The molecule has 5 heteroatoms. The summed E-state index contributed by atoms with van der Waals surface area (Å²) >= 11 is 0. The molecule has 0 bridgehead atoms. The van der Waals surface area contributed by atoms with E-state index in [0.717, 1.165) is 42.2 Å². The van der Waals surface area contributed by atoms with Gasteiger partial charge < -0.3 is 20.1 Å². The Labute approximate surface area is 212 Å². The molecule has 1 aliphatic rings. The van der Waals surface area contributed by atoms with Gasteiger partial charge in [0.2, 0.25) is 5.56 Å². The van der Waals surface area contributed by atoms with Crippen LogP contribution in [0.25, 0.3) is 10.9 Å². The number of aromatic nitrogens is 1. The Kier molecular flexibility index (Phi) is 7.21. The average Bonchev–Trinajstić information content (AvgIpc) is 3.31. The maximum absolute atomic E-state index is 12.2. The molecule has 4 aromatic rings. The Morgan fingerprint density at radius 1 is 0.972 bits per heavy atom. The van der Waals surface area contributed by atoms with Crippen molar-refractivity contribution in [1.29, 1.82) is 0 Å². The van der Waals surface area contributed by atoms with Gasteiger partial charge in [0.15, 0.2) is 0 Å². The van der Waals surface area contributed by atoms with E-state index in [1.807, 2.05) is 48.5 Å². The van der Waals surface area contributed by atoms with Crippen LogP contribution in [0.15, 0.2) is 71.5 Å². The molecule has 0 fully saturated rings. The Hall–Kier alpha value is -3.41. The molecule has 1 unspecified atom stereocenters. The lowest BCUT2D eigenvalue weighted by molar-refractivity contribution is 0.234. The molecule has 1 heterocycles. The van der Waals surface area contributed by atoms with Crippen molar-refractivity contribution in [2.75, 3.05) is 6.61 Å². The molecule has 0 saturated heterocycles. The molecule has 0 aliphatic heterocycles. The number of aromatic amines is 1. The summed E-state index contributed by atoms with van der Waals surface area (Å²) in [6, 6.07) is 22.0. The second kappa shape index (κ2) is 10.7. The number of aliphatic hydroxyl groups excluding tert-OH is 1. The van der Waals surface area contributed by atoms with Crippen molar-refractivity contribution in [3.63, 3.8) is 0 Å². The molecule has 186 valence electrons. The van der Waals surface area contributed by atoms with Gasteiger partial charge in [0.25, 0.3) is 0 Å². The van der Waals surface area contributed by atoms with Crippen molar-refractivity contribution in [1.82, 2.24) is 10.3 Å². The summed E-state index contributed by atoms with van der Waals surface area (Å²) in [5.74, 6) is 0.624. The van der Waals surface area contributed by atoms with Crippen molar-refractivity contribution < 1.29 is 9.84 Å². The standard InChI is InChI=1S/C31H34N2O3/c1-3-21-14-23-16-25(17-24(23)15-22(21)4-2)32-28(18-34)26-10-12-29(31-27(26)11-13-30(35)33-31)36-19-20-8-6-5-7-9-20/h5-15,25,28,32,34H,3-4,16-19H2,1-2H3,(H,33,35). The highest BCUT2D eigenvalue weighted by Gasteiger charge is 2.26. The second-order valence-electron chi connectivity index (χ2n) is 9.64. The first-order chi connectivity index (χ1) is 17.6. The monoisotopic (exact) mass is 482 g/mol. The molecule has 3 N–H and O–H groups in total. The number of rotatable bonds is 9. The maximum atomic E-state index is 12.2. The molecule has 36 heavy (non-hydrogen) atoms. The predicted octanol–water partition coefficient (Wildman–Crippen LogP) is 5.02. The van der Waals surface area contributed by atoms with E-state index >= 15 is 0 Å². The van der Waals surface area contributed by atoms with Gasteiger partial charge in [-0.15, -0.1) is 0 Å². The molecular weight excluding hydrogens is 448 g/mol. The van der Waals surface area contributed by atoms with Crippen LogP contribution in [-0.2, 0) is 32.3 Å². The van der Waals surface area contributed by atoms with Crippen LogP contribution in [0.4, 0.5) is 0 Å². The summed E-state index contributed by atoms with van der Waals surface area (Å²) in [4.78, 5) is 15.2. The van der Waals surface area contributed by atoms with Crippen molar-refractivity contribution >= 4 is 10.9 Å². The van der Waals surface area contributed by atoms with Crippen LogP contribution in [-0.4, -0.2) is 22.7 Å². The van der Waals surface area contributed by atoms with E-state index in [4.69, 9.17) is 4.74 Å². The highest BCUT2D eigenvalue weighted by Crippen LogP contribution is 2.32. The highest BCUT2D eigenvalue weighted by molar-refractivity contribution is 5.88. The van der Waals surface area contributed by atoms with Crippen molar-refractivity contribution in [2.45, 2.75) is 58.2 Å². The summed E-state index contributed by atoms with van der Waals surface area (Å²) in [5, 5.41) is 15.0. The zero-order valence-electron chi connectivity index (χ0n) is 21.0. The van der Waals surface area contributed by atoms with Gasteiger partial charge >= 0.3 is 0 Å². The molecule has 5 rings (SSSR count). The molecule has 5 nitrogen and oxygen atoms in total. The van der Waals surface area contributed by atoms with Gasteiger partial charge in [0.05, 0.1) is 18.2 Å². The molecule has 1 atom stereocenters. The summed E-state index contributed by atoms with van der Waals surface area (Å²) in [7, 11) is 0. The Morgan fingerprint density at radius 2 is 1.67 bits per heavy atom. The fourth-order valence-electron chi connectivity index (χ4n) is 5.48. The van der Waals surface area contributed by atoms with Crippen LogP contribution < -0.4 is 15.6 Å². The van der Waals surface area contributed by atoms with Gasteiger partial charge in [-0.3, -0.25) is 4.79 Å². The first-order valence-electron chi connectivity index (χ1n) is 12.9. The highest BCUT2D eigenvalue weighted by atomic mass is 16.5. The largest absolute Gasteiger partial charge is 0.487 e. The third-order valence-corrected chi connectivity index (χ3v) is 7.34. The third kappa shape index (κ3) is 4.95. The van der Waals surface area contributed by atoms with E-state index in [-0.39, 0.29) is 24.2 Å². The fraction of sp³-hybridized carbons (Fsp3) is 0.323. The van der Waals surface area contributed by atoms with Gasteiger partial charge in [0.1, 0.15) is 12.4 Å². The van der Waals surface area contributed by atoms with E-state index in [0.29, 0.717) is 17.9 Å². The summed E-state index contributed by atoms with van der Waals surface area (Å²) in [5.41, 5.74) is 8.20. The van der Waals surface area contributed by atoms with Crippen LogP contribution in [0, 0.1) is 0 Å². The van der Waals surface area contributed by atoms with Crippen LogP contribution >= 0.6 is 0 Å². The number of aliphatic hydroxyl groups is 1. The molecule has 0 radical (unpaired) electrons. The van der Waals surface area contributed by atoms with Crippen molar-refractivity contribution in [3.8, 4) is 5.75 Å². The van der Waals surface area contributed by atoms with Crippen LogP contribution in [0.1, 0.15) is 53.3 Å². The quantitative estimate of drug-likeness (QED) is 0.313. The number of hydrogen-bond donors (Lipinski definition) is 3. The molecule has 0 amide bonds. The zero-order valence-corrected chi connectivity index (χ0v) is 21.0. The van der Waals surface area contributed by atoms with Gasteiger partial charge in [-0.05, 0) is 71.2 Å². The molecular formula is C31H34N2O3. The van der Waals surface area contributed by atoms with E-state index < -0.39 is 0 Å². The minimum absolute atomic E-state index is 0.0360. The second-order valence-corrected chi connectivity index (χ2v) is 9.64. The van der Waals surface area contributed by atoms with Gasteiger partial charge in [-0.1, -0.05) is 62.4 Å². The minimum Gasteiger partial charge on any atom is -0.487 e. The van der Waals surface area contributed by atoms with E-state index in [1.165, 1.54) is 28.3 Å². The number of hydrogen-bond acceptors (Lipinski definition) is 4. The first kappa shape index (κ1) is 24.3. The molecule has 1 aliphatic carbocycles. The summed E-state index contributed by atoms with van der Waals surface area (Å²) in [6.45, 7) is 4.81. The lowest BCUT2D eigenvalue weighted by Crippen LogP contribution is -2.35. The topological polar surface area (TPSA) is 74.3 Å². The van der Waals surface area contributed by atoms with Crippen LogP contribution in [0.2, 0.25) is 0 Å². The number of fused-ring (bicyclic) bond motifs is 2. The number of ether oxygens (including phenoxy) is 1. The number of benzene rings is 3. The SMILES string of the molecule is CCc1cc2c(cc1CC)CC(NC(CO)c1ccc(OCc3ccccc3)c3[nH]c(=O)ccc13)C2. The number of H-pyrrole nitrogens is 1. The smallest absolute Gasteiger partial charge is 0.248 e. The Balaban J connectivity index is 1.40. The molecule has 0 spiro atoms. The zero-order chi connectivity index (χ0) is 25.1. The Bertz CT molecular complexity index is 1380. The fourth-order valence-corrected chi connectivity index (χ4v) is 5.48. The molecule has 0 saturated carbocycles. The molecule has 1 aromatic heterocycles. The first-order valence-corrected chi connectivity index (χ1v) is 12.9. The van der Waals surface area contributed by atoms with Crippen LogP contribution in [0.5, 0.6) is 5.75 Å². The van der Waals surface area contributed by atoms with Crippen molar-refractivity contribution in [2.24, 2.45) is 0 Å². The third-order valence-electron chi connectivity index (χ3n) is 7.34. The van der Waals surface area contributed by atoms with Crippen molar-refractivity contribution in [3.05, 3.63) is 110 Å². The normalized spacial score (nSPS) is 14.2. The van der Waals surface area contributed by atoms with Crippen LogP contribution in [0.3, 0.4) is 0 Å². The number of pyridine rings is 1. The molecule has 3 aromatic carbocycles. The van der Waals surface area contributed by atoms with E-state index in [9.17, 15) is 9.90 Å². The maximum Gasteiger partial charge on any atom is 0.248 e. The van der Waals surface area contributed by atoms with Gasteiger partial charge in [-0.25, -0.2) is 0 Å². The van der Waals surface area contributed by atoms with Gasteiger partial charge in [-0.2, -0.15) is 0 Å². The van der Waals surface area contributed by atoms with E-state index in [2.05, 4.69) is 36.3 Å². The Morgan fingerprint density at radius 3 is 2.31 bits per heavy atom. The predicted molar refractivity (Wildman–Crippen MR) is 145 cm³/mol. The minimum atomic E-state index is -0.253. The number of aryl methyl sites for hydroxylation is 2. The summed E-state index contributed by atoms with van der Waals surface area (Å²) in [6.07, 6.45) is 4.01. The number of nitrogens with one attached hydrogen (secondary N) is 2.